The van der Waals surface area contributed by atoms with E-state index < -0.39 is 5.60 Å². The molecule has 0 radical (unpaired) electrons. The van der Waals surface area contributed by atoms with Crippen LogP contribution in [0.25, 0.3) is 0 Å². The van der Waals surface area contributed by atoms with Gasteiger partial charge in [0.05, 0.1) is 5.60 Å². The normalized spacial score (nSPS) is 27.0. The van der Waals surface area contributed by atoms with Gasteiger partial charge in [-0.2, -0.15) is 5.10 Å². The van der Waals surface area contributed by atoms with E-state index in [1.165, 1.54) is 0 Å². The Hall–Kier alpha value is -0.940. The van der Waals surface area contributed by atoms with Crippen LogP contribution < -0.4 is 0 Å². The van der Waals surface area contributed by atoms with Crippen LogP contribution in [0, 0.1) is 0 Å². The van der Waals surface area contributed by atoms with Gasteiger partial charge in [-0.05, 0) is 39.8 Å². The van der Waals surface area contributed by atoms with Crippen LogP contribution in [-0.2, 0) is 13.0 Å². The minimum atomic E-state index is -0.606. The number of rotatable bonds is 3. The van der Waals surface area contributed by atoms with Crippen molar-refractivity contribution in [1.82, 2.24) is 19.7 Å². The minimum absolute atomic E-state index is 0.606. The third-order valence-corrected chi connectivity index (χ3v) is 3.62. The molecule has 0 saturated carbocycles. The van der Waals surface area contributed by atoms with Crippen molar-refractivity contribution in [1.29, 1.82) is 0 Å². The fraction of sp³-hybridized carbons (Fsp3) is 0.833. The van der Waals surface area contributed by atoms with Crippen LogP contribution in [0.1, 0.15) is 32.0 Å². The standard InChI is InChI=1S/C12H22N4O/c1-3-16-11(13-10-14-16)9-12(17)5-4-7-15(2)8-6-12/h10,17H,3-9H2,1-2H3. The molecule has 1 saturated heterocycles. The molecule has 2 heterocycles. The van der Waals surface area contributed by atoms with Gasteiger partial charge in [0, 0.05) is 19.5 Å². The third-order valence-electron chi connectivity index (χ3n) is 3.62. The summed E-state index contributed by atoms with van der Waals surface area (Å²) in [5.74, 6) is 0.902. The van der Waals surface area contributed by atoms with Crippen LogP contribution in [0.15, 0.2) is 6.33 Å². The molecule has 96 valence electrons. The Kier molecular flexibility index (Phi) is 3.79. The first-order valence-electron chi connectivity index (χ1n) is 6.40. The summed E-state index contributed by atoms with van der Waals surface area (Å²) >= 11 is 0. The molecule has 1 unspecified atom stereocenters. The monoisotopic (exact) mass is 238 g/mol. The summed E-state index contributed by atoms with van der Waals surface area (Å²) in [6, 6.07) is 0. The van der Waals surface area contributed by atoms with Gasteiger partial charge in [-0.1, -0.05) is 0 Å². The van der Waals surface area contributed by atoms with E-state index in [1.54, 1.807) is 6.33 Å². The molecule has 0 bridgehead atoms. The summed E-state index contributed by atoms with van der Waals surface area (Å²) in [7, 11) is 2.11. The molecule has 5 heteroatoms. The average Bonchev–Trinajstić information content (AvgIpc) is 2.66. The largest absolute Gasteiger partial charge is 0.389 e. The van der Waals surface area contributed by atoms with E-state index in [9.17, 15) is 5.11 Å². The third kappa shape index (κ3) is 3.04. The molecule has 0 aromatic carbocycles. The summed E-state index contributed by atoms with van der Waals surface area (Å²) < 4.78 is 1.87. The highest BCUT2D eigenvalue weighted by Crippen LogP contribution is 2.25. The number of hydrogen-bond acceptors (Lipinski definition) is 4. The second kappa shape index (κ2) is 5.14. The molecule has 1 aliphatic heterocycles. The van der Waals surface area contributed by atoms with Crippen LogP contribution in [0.2, 0.25) is 0 Å². The lowest BCUT2D eigenvalue weighted by Gasteiger charge is -2.26. The molecule has 5 nitrogen and oxygen atoms in total. The van der Waals surface area contributed by atoms with Crippen LogP contribution in [0.3, 0.4) is 0 Å². The van der Waals surface area contributed by atoms with E-state index in [0.717, 1.165) is 44.7 Å². The molecule has 0 aliphatic carbocycles. The van der Waals surface area contributed by atoms with Crippen molar-refractivity contribution in [2.24, 2.45) is 0 Å². The topological polar surface area (TPSA) is 54.2 Å². The number of hydrogen-bond donors (Lipinski definition) is 1. The predicted molar refractivity (Wildman–Crippen MR) is 65.7 cm³/mol. The van der Waals surface area contributed by atoms with Gasteiger partial charge < -0.3 is 10.0 Å². The molecule has 1 fully saturated rings. The molecule has 0 amide bonds. The molecule has 1 aromatic rings. The zero-order chi connectivity index (χ0) is 12.3. The van der Waals surface area contributed by atoms with Crippen LogP contribution in [0.5, 0.6) is 0 Å². The number of aryl methyl sites for hydroxylation is 1. The van der Waals surface area contributed by atoms with Gasteiger partial charge in [-0.15, -0.1) is 0 Å². The molecule has 2 rings (SSSR count). The molecule has 1 aliphatic rings. The van der Waals surface area contributed by atoms with Gasteiger partial charge in [0.2, 0.25) is 0 Å². The maximum absolute atomic E-state index is 10.7. The van der Waals surface area contributed by atoms with E-state index in [0.29, 0.717) is 6.42 Å². The molecule has 1 N–H and O–H groups in total. The fourth-order valence-corrected chi connectivity index (χ4v) is 2.47. The summed E-state index contributed by atoms with van der Waals surface area (Å²) in [6.07, 6.45) is 4.92. The first-order chi connectivity index (χ1) is 8.13. The van der Waals surface area contributed by atoms with E-state index >= 15 is 0 Å². The first kappa shape index (κ1) is 12.5. The lowest BCUT2D eigenvalue weighted by Crippen LogP contribution is -2.34. The van der Waals surface area contributed by atoms with Crippen molar-refractivity contribution in [2.75, 3.05) is 20.1 Å². The average molecular weight is 238 g/mol. The Morgan fingerprint density at radius 3 is 3.00 bits per heavy atom. The summed E-state index contributed by atoms with van der Waals surface area (Å²) in [4.78, 5) is 6.53. The predicted octanol–water partition coefficient (Wildman–Crippen LogP) is 0.687. The first-order valence-corrected chi connectivity index (χ1v) is 6.40. The highest BCUT2D eigenvalue weighted by Gasteiger charge is 2.31. The maximum atomic E-state index is 10.7. The SMILES string of the molecule is CCn1ncnc1CC1(O)CCCN(C)CC1. The van der Waals surface area contributed by atoms with Gasteiger partial charge in [0.15, 0.2) is 0 Å². The number of nitrogens with zero attached hydrogens (tertiary/aromatic N) is 4. The van der Waals surface area contributed by atoms with Crippen molar-refractivity contribution in [3.63, 3.8) is 0 Å². The van der Waals surface area contributed by atoms with Crippen molar-refractivity contribution < 1.29 is 5.11 Å². The van der Waals surface area contributed by atoms with E-state index in [1.807, 2.05) is 11.6 Å². The lowest BCUT2D eigenvalue weighted by molar-refractivity contribution is 0.0235. The van der Waals surface area contributed by atoms with Crippen molar-refractivity contribution >= 4 is 0 Å². The van der Waals surface area contributed by atoms with Crippen molar-refractivity contribution in [2.45, 2.75) is 44.8 Å². The fourth-order valence-electron chi connectivity index (χ4n) is 2.47. The Labute approximate surface area is 102 Å². The summed E-state index contributed by atoms with van der Waals surface area (Å²) in [5.41, 5.74) is -0.606. The zero-order valence-electron chi connectivity index (χ0n) is 10.8. The summed E-state index contributed by atoms with van der Waals surface area (Å²) in [5, 5.41) is 14.8. The van der Waals surface area contributed by atoms with Gasteiger partial charge in [-0.3, -0.25) is 4.68 Å². The Morgan fingerprint density at radius 1 is 1.41 bits per heavy atom. The van der Waals surface area contributed by atoms with Crippen LogP contribution in [-0.4, -0.2) is 50.5 Å². The number of likely N-dealkylation sites (tertiary alicyclic amines) is 1. The van der Waals surface area contributed by atoms with E-state index in [-0.39, 0.29) is 0 Å². The number of aliphatic hydroxyl groups is 1. The Balaban J connectivity index is 2.06. The second-order valence-corrected chi connectivity index (χ2v) is 5.05. The molecule has 0 spiro atoms. The lowest BCUT2D eigenvalue weighted by atomic mass is 9.91. The van der Waals surface area contributed by atoms with Gasteiger partial charge in [0.25, 0.3) is 0 Å². The highest BCUT2D eigenvalue weighted by molar-refractivity contribution is 4.96. The van der Waals surface area contributed by atoms with E-state index in [4.69, 9.17) is 0 Å². The Morgan fingerprint density at radius 2 is 2.24 bits per heavy atom. The Bertz CT molecular complexity index is 365. The maximum Gasteiger partial charge on any atom is 0.138 e. The highest BCUT2D eigenvalue weighted by atomic mass is 16.3. The minimum Gasteiger partial charge on any atom is -0.389 e. The zero-order valence-corrected chi connectivity index (χ0v) is 10.8. The molecule has 1 atom stereocenters. The summed E-state index contributed by atoms with van der Waals surface area (Å²) in [6.45, 7) is 4.88. The molecule has 17 heavy (non-hydrogen) atoms. The second-order valence-electron chi connectivity index (χ2n) is 5.05. The van der Waals surface area contributed by atoms with Crippen LogP contribution >= 0.6 is 0 Å². The molecular formula is C12H22N4O. The van der Waals surface area contributed by atoms with Crippen molar-refractivity contribution in [3.05, 3.63) is 12.2 Å². The van der Waals surface area contributed by atoms with Gasteiger partial charge in [0.1, 0.15) is 12.2 Å². The van der Waals surface area contributed by atoms with Crippen LogP contribution in [0.4, 0.5) is 0 Å². The van der Waals surface area contributed by atoms with Gasteiger partial charge in [-0.25, -0.2) is 4.98 Å². The number of aromatic nitrogens is 3. The molecule has 1 aromatic heterocycles. The van der Waals surface area contributed by atoms with E-state index in [2.05, 4.69) is 22.0 Å². The van der Waals surface area contributed by atoms with Crippen molar-refractivity contribution in [3.8, 4) is 0 Å². The quantitative estimate of drug-likeness (QED) is 0.841. The smallest absolute Gasteiger partial charge is 0.138 e. The molecular weight excluding hydrogens is 216 g/mol. The van der Waals surface area contributed by atoms with Gasteiger partial charge >= 0.3 is 0 Å².